The summed E-state index contributed by atoms with van der Waals surface area (Å²) < 4.78 is 0. The van der Waals surface area contributed by atoms with Crippen molar-refractivity contribution in [3.05, 3.63) is 111 Å². The molecular weight excluding hydrogens is 424 g/mol. The Morgan fingerprint density at radius 1 is 1.00 bits per heavy atom. The van der Waals surface area contributed by atoms with E-state index in [-0.39, 0.29) is 17.2 Å². The highest BCUT2D eigenvalue weighted by Crippen LogP contribution is 2.45. The number of nitro benzene ring substituents is 1. The van der Waals surface area contributed by atoms with Gasteiger partial charge in [0, 0.05) is 28.9 Å². The molecular formula is C24H16N4O5. The summed E-state index contributed by atoms with van der Waals surface area (Å²) in [5.41, 5.74) is 3.59. The number of amides is 1. The van der Waals surface area contributed by atoms with E-state index in [0.717, 1.165) is 5.56 Å². The van der Waals surface area contributed by atoms with Gasteiger partial charge in [-0.15, -0.1) is 0 Å². The van der Waals surface area contributed by atoms with Gasteiger partial charge in [0.25, 0.3) is 11.6 Å². The summed E-state index contributed by atoms with van der Waals surface area (Å²) in [6.45, 7) is 0. The molecule has 0 saturated carbocycles. The molecule has 162 valence electrons. The second-order valence-electron chi connectivity index (χ2n) is 7.51. The lowest BCUT2D eigenvalue weighted by Crippen LogP contribution is -2.29. The summed E-state index contributed by atoms with van der Waals surface area (Å²) in [6, 6.07) is 20.8. The summed E-state index contributed by atoms with van der Waals surface area (Å²) in [5.74, 6) is -1.40. The van der Waals surface area contributed by atoms with Crippen LogP contribution in [0.4, 0.5) is 11.4 Å². The van der Waals surface area contributed by atoms with Crippen LogP contribution in [0.25, 0.3) is 11.3 Å². The zero-order valence-corrected chi connectivity index (χ0v) is 17.0. The molecule has 0 bridgehead atoms. The van der Waals surface area contributed by atoms with Crippen LogP contribution in [0.5, 0.6) is 0 Å². The third-order valence-corrected chi connectivity index (χ3v) is 5.63. The number of fused-ring (bicyclic) bond motifs is 1. The minimum absolute atomic E-state index is 0.0591. The van der Waals surface area contributed by atoms with Gasteiger partial charge in [0.2, 0.25) is 0 Å². The zero-order chi connectivity index (χ0) is 23.1. The quantitative estimate of drug-likeness (QED) is 0.349. The Kier molecular flexibility index (Phi) is 4.71. The minimum atomic E-state index is -1.07. The van der Waals surface area contributed by atoms with Gasteiger partial charge in [0.1, 0.15) is 5.69 Å². The Labute approximate surface area is 187 Å². The van der Waals surface area contributed by atoms with Crippen LogP contribution >= 0.6 is 0 Å². The van der Waals surface area contributed by atoms with Crippen molar-refractivity contribution in [2.75, 3.05) is 4.90 Å². The number of benzene rings is 3. The predicted molar refractivity (Wildman–Crippen MR) is 119 cm³/mol. The topological polar surface area (TPSA) is 129 Å². The van der Waals surface area contributed by atoms with Crippen LogP contribution in [0.15, 0.2) is 78.9 Å². The highest BCUT2D eigenvalue weighted by Gasteiger charge is 2.43. The number of nitro groups is 1. The summed E-state index contributed by atoms with van der Waals surface area (Å²) in [4.78, 5) is 36.9. The number of aromatic amines is 1. The molecule has 1 amide bonds. The van der Waals surface area contributed by atoms with E-state index in [2.05, 4.69) is 10.2 Å². The van der Waals surface area contributed by atoms with Crippen LogP contribution in [-0.4, -0.2) is 32.1 Å². The SMILES string of the molecule is O=C(O)c1ccc(N2C(=O)c3[nH]nc(-c4ccccc4)c3C2c2ccc([N+](=O)[O-])cc2)cc1. The number of H-pyrrole nitrogens is 1. The number of anilines is 1. The molecule has 1 aromatic heterocycles. The smallest absolute Gasteiger partial charge is 0.335 e. The van der Waals surface area contributed by atoms with Gasteiger partial charge in [-0.2, -0.15) is 5.10 Å². The molecule has 9 nitrogen and oxygen atoms in total. The number of non-ortho nitro benzene ring substituents is 1. The van der Waals surface area contributed by atoms with E-state index in [1.807, 2.05) is 30.3 Å². The maximum atomic E-state index is 13.4. The Morgan fingerprint density at radius 2 is 1.67 bits per heavy atom. The van der Waals surface area contributed by atoms with Crippen molar-refractivity contribution in [3.63, 3.8) is 0 Å². The number of nitrogens with zero attached hydrogens (tertiary/aromatic N) is 3. The van der Waals surface area contributed by atoms with Crippen molar-refractivity contribution in [1.29, 1.82) is 0 Å². The molecule has 0 saturated heterocycles. The molecule has 2 heterocycles. The minimum Gasteiger partial charge on any atom is -0.478 e. The number of rotatable bonds is 5. The van der Waals surface area contributed by atoms with Gasteiger partial charge in [0.15, 0.2) is 0 Å². The highest BCUT2D eigenvalue weighted by molar-refractivity contribution is 6.11. The predicted octanol–water partition coefficient (Wildman–Crippen LogP) is 4.43. The summed E-state index contributed by atoms with van der Waals surface area (Å²) in [7, 11) is 0. The van der Waals surface area contributed by atoms with Gasteiger partial charge in [0.05, 0.1) is 22.2 Å². The fourth-order valence-corrected chi connectivity index (χ4v) is 4.09. The van der Waals surface area contributed by atoms with Crippen LogP contribution in [0, 0.1) is 10.1 Å². The summed E-state index contributed by atoms with van der Waals surface area (Å²) in [5, 5.41) is 27.6. The van der Waals surface area contributed by atoms with E-state index in [1.54, 1.807) is 29.2 Å². The number of hydrogen-bond acceptors (Lipinski definition) is 5. The van der Waals surface area contributed by atoms with E-state index in [9.17, 15) is 24.8 Å². The maximum absolute atomic E-state index is 13.4. The van der Waals surface area contributed by atoms with E-state index in [4.69, 9.17) is 0 Å². The fraction of sp³-hybridized carbons (Fsp3) is 0.0417. The Morgan fingerprint density at radius 3 is 2.27 bits per heavy atom. The third-order valence-electron chi connectivity index (χ3n) is 5.63. The molecule has 9 heteroatoms. The number of carboxylic acids is 1. The molecule has 1 atom stereocenters. The molecule has 2 N–H and O–H groups in total. The van der Waals surface area contributed by atoms with Crippen molar-refractivity contribution in [2.45, 2.75) is 6.04 Å². The van der Waals surface area contributed by atoms with Gasteiger partial charge < -0.3 is 5.11 Å². The second kappa shape index (κ2) is 7.72. The maximum Gasteiger partial charge on any atom is 0.335 e. The molecule has 0 spiro atoms. The van der Waals surface area contributed by atoms with Crippen LogP contribution in [0.1, 0.15) is 38.0 Å². The first-order chi connectivity index (χ1) is 16.0. The molecule has 0 fully saturated rings. The number of carboxylic acid groups (broad SMARTS) is 1. The first-order valence-electron chi connectivity index (χ1n) is 10.0. The normalized spacial score (nSPS) is 14.8. The van der Waals surface area contributed by atoms with Crippen LogP contribution in [0.2, 0.25) is 0 Å². The van der Waals surface area contributed by atoms with E-state index >= 15 is 0 Å². The number of hydrogen-bond donors (Lipinski definition) is 2. The monoisotopic (exact) mass is 440 g/mol. The first-order valence-corrected chi connectivity index (χ1v) is 10.0. The van der Waals surface area contributed by atoms with Crippen molar-refractivity contribution >= 4 is 23.3 Å². The van der Waals surface area contributed by atoms with Gasteiger partial charge in [-0.3, -0.25) is 24.9 Å². The lowest BCUT2D eigenvalue weighted by atomic mass is 9.95. The van der Waals surface area contributed by atoms with Gasteiger partial charge in [-0.05, 0) is 42.0 Å². The van der Waals surface area contributed by atoms with E-state index in [1.165, 1.54) is 24.3 Å². The van der Waals surface area contributed by atoms with Crippen molar-refractivity contribution in [1.82, 2.24) is 10.2 Å². The molecule has 1 unspecified atom stereocenters. The Hall–Kier alpha value is -4.79. The molecule has 0 aliphatic carbocycles. The number of carbonyl (C=O) groups excluding carboxylic acids is 1. The van der Waals surface area contributed by atoms with Gasteiger partial charge in [-0.1, -0.05) is 30.3 Å². The third kappa shape index (κ3) is 3.32. The number of nitrogens with one attached hydrogen (secondary N) is 1. The van der Waals surface area contributed by atoms with Crippen molar-refractivity contribution < 1.29 is 19.6 Å². The van der Waals surface area contributed by atoms with Crippen molar-refractivity contribution in [2.24, 2.45) is 0 Å². The van der Waals surface area contributed by atoms with Gasteiger partial charge in [-0.25, -0.2) is 4.79 Å². The molecule has 5 rings (SSSR count). The number of aromatic carboxylic acids is 1. The second-order valence-corrected chi connectivity index (χ2v) is 7.51. The average Bonchev–Trinajstić information content (AvgIpc) is 3.39. The fourth-order valence-electron chi connectivity index (χ4n) is 4.09. The first kappa shape index (κ1) is 20.1. The van der Waals surface area contributed by atoms with E-state index < -0.39 is 16.9 Å². The molecule has 1 aliphatic heterocycles. The van der Waals surface area contributed by atoms with Crippen LogP contribution in [-0.2, 0) is 0 Å². The highest BCUT2D eigenvalue weighted by atomic mass is 16.6. The summed E-state index contributed by atoms with van der Waals surface area (Å²) in [6.07, 6.45) is 0. The lowest BCUT2D eigenvalue weighted by Gasteiger charge is -2.26. The molecule has 33 heavy (non-hydrogen) atoms. The van der Waals surface area contributed by atoms with E-state index in [0.29, 0.717) is 28.2 Å². The van der Waals surface area contributed by atoms with Crippen LogP contribution in [0.3, 0.4) is 0 Å². The molecule has 1 aliphatic rings. The average molecular weight is 440 g/mol. The van der Waals surface area contributed by atoms with Crippen molar-refractivity contribution in [3.8, 4) is 11.3 Å². The molecule has 3 aromatic carbocycles. The molecule has 4 aromatic rings. The van der Waals surface area contributed by atoms with Gasteiger partial charge >= 0.3 is 5.97 Å². The largest absolute Gasteiger partial charge is 0.478 e. The Bertz CT molecular complexity index is 1380. The zero-order valence-electron chi connectivity index (χ0n) is 17.0. The Balaban J connectivity index is 1.68. The standard InChI is InChI=1S/C24H16N4O5/c29-23-21-19(20(25-26-21)14-4-2-1-3-5-14)22(15-6-12-18(13-7-15)28(32)33)27(23)17-10-8-16(9-11-17)24(30)31/h1-13,22H,(H,25,26)(H,30,31). The van der Waals surface area contributed by atoms with Crippen LogP contribution < -0.4 is 4.90 Å². The number of aromatic nitrogens is 2. The summed E-state index contributed by atoms with van der Waals surface area (Å²) >= 11 is 0. The number of carbonyl (C=O) groups is 2. The molecule has 0 radical (unpaired) electrons. The lowest BCUT2D eigenvalue weighted by molar-refractivity contribution is -0.384.